The maximum absolute atomic E-state index is 12.4. The van der Waals surface area contributed by atoms with Crippen molar-refractivity contribution >= 4 is 17.6 Å². The summed E-state index contributed by atoms with van der Waals surface area (Å²) in [5, 5.41) is 11.7. The monoisotopic (exact) mass is 348 g/mol. The zero-order valence-electron chi connectivity index (χ0n) is 13.8. The Labute approximate surface area is 150 Å². The molecule has 0 fully saturated rings. The van der Waals surface area contributed by atoms with E-state index < -0.39 is 11.9 Å². The third-order valence-electron chi connectivity index (χ3n) is 3.65. The van der Waals surface area contributed by atoms with Crippen LogP contribution in [0.5, 0.6) is 5.75 Å². The van der Waals surface area contributed by atoms with Gasteiger partial charge >= 0.3 is 5.97 Å². The molecule has 0 saturated heterocycles. The molecular weight excluding hydrogens is 332 g/mol. The standard InChI is InChI=1S/C20H16N2O4/c23-19(18-11-10-14(12-21-18)20(24)25)22-17-9-5-4-6-15(17)13-26-16-7-2-1-3-8-16/h1-12H,13H2,(H,22,23)(H,24,25). The third-order valence-corrected chi connectivity index (χ3v) is 3.65. The second-order valence-corrected chi connectivity index (χ2v) is 5.45. The van der Waals surface area contributed by atoms with Gasteiger partial charge in [-0.2, -0.15) is 0 Å². The van der Waals surface area contributed by atoms with E-state index in [1.165, 1.54) is 12.1 Å². The number of carboxylic acids is 1. The van der Waals surface area contributed by atoms with Crippen LogP contribution < -0.4 is 10.1 Å². The number of nitrogens with zero attached hydrogens (tertiary/aromatic N) is 1. The molecule has 0 unspecified atom stereocenters. The number of benzene rings is 2. The number of aromatic carboxylic acids is 1. The zero-order chi connectivity index (χ0) is 18.4. The van der Waals surface area contributed by atoms with Crippen LogP contribution in [0.4, 0.5) is 5.69 Å². The summed E-state index contributed by atoms with van der Waals surface area (Å²) in [6.07, 6.45) is 1.15. The van der Waals surface area contributed by atoms with Crippen LogP contribution in [0.1, 0.15) is 26.4 Å². The van der Waals surface area contributed by atoms with Crippen LogP contribution in [0, 0.1) is 0 Å². The van der Waals surface area contributed by atoms with Crippen molar-refractivity contribution < 1.29 is 19.4 Å². The molecule has 2 N–H and O–H groups in total. The molecule has 6 heteroatoms. The Bertz CT molecular complexity index is 909. The number of amides is 1. The van der Waals surface area contributed by atoms with Gasteiger partial charge in [-0.1, -0.05) is 36.4 Å². The highest BCUT2D eigenvalue weighted by atomic mass is 16.5. The highest BCUT2D eigenvalue weighted by molar-refractivity contribution is 6.03. The van der Waals surface area contributed by atoms with E-state index in [1.807, 2.05) is 48.5 Å². The number of aromatic nitrogens is 1. The lowest BCUT2D eigenvalue weighted by molar-refractivity contribution is 0.0695. The van der Waals surface area contributed by atoms with E-state index in [0.29, 0.717) is 12.3 Å². The fourth-order valence-electron chi connectivity index (χ4n) is 2.29. The summed E-state index contributed by atoms with van der Waals surface area (Å²) in [5.74, 6) is -0.776. The van der Waals surface area contributed by atoms with Crippen LogP contribution in [0.25, 0.3) is 0 Å². The van der Waals surface area contributed by atoms with Crippen LogP contribution in [-0.4, -0.2) is 22.0 Å². The van der Waals surface area contributed by atoms with Gasteiger partial charge in [0.05, 0.1) is 5.56 Å². The first-order chi connectivity index (χ1) is 12.6. The van der Waals surface area contributed by atoms with Gasteiger partial charge < -0.3 is 15.2 Å². The predicted octanol–water partition coefficient (Wildman–Crippen LogP) is 3.61. The smallest absolute Gasteiger partial charge is 0.337 e. The van der Waals surface area contributed by atoms with E-state index in [1.54, 1.807) is 6.07 Å². The van der Waals surface area contributed by atoms with Gasteiger partial charge in [0.25, 0.3) is 5.91 Å². The van der Waals surface area contributed by atoms with Gasteiger partial charge in [-0.15, -0.1) is 0 Å². The van der Waals surface area contributed by atoms with Gasteiger partial charge in [0.15, 0.2) is 0 Å². The number of hydrogen-bond acceptors (Lipinski definition) is 4. The van der Waals surface area contributed by atoms with Gasteiger partial charge in [-0.25, -0.2) is 4.79 Å². The maximum Gasteiger partial charge on any atom is 0.337 e. The minimum atomic E-state index is -1.09. The first-order valence-corrected chi connectivity index (χ1v) is 7.90. The van der Waals surface area contributed by atoms with Gasteiger partial charge in [-0.05, 0) is 30.3 Å². The average Bonchev–Trinajstić information content (AvgIpc) is 2.68. The molecule has 0 saturated carbocycles. The molecule has 1 aromatic heterocycles. The molecule has 1 amide bonds. The Kier molecular flexibility index (Phi) is 5.24. The Balaban J connectivity index is 1.71. The average molecular weight is 348 g/mol. The highest BCUT2D eigenvalue weighted by Crippen LogP contribution is 2.19. The van der Waals surface area contributed by atoms with E-state index in [2.05, 4.69) is 10.3 Å². The van der Waals surface area contributed by atoms with E-state index in [0.717, 1.165) is 17.5 Å². The number of carbonyl (C=O) groups excluding carboxylic acids is 1. The fraction of sp³-hybridized carbons (Fsp3) is 0.0500. The molecular formula is C20H16N2O4. The summed E-state index contributed by atoms with van der Waals surface area (Å²) >= 11 is 0. The second-order valence-electron chi connectivity index (χ2n) is 5.45. The van der Waals surface area contributed by atoms with Crippen molar-refractivity contribution in [2.45, 2.75) is 6.61 Å². The summed E-state index contributed by atoms with van der Waals surface area (Å²) < 4.78 is 5.73. The minimum absolute atomic E-state index is 0.0261. The first-order valence-electron chi connectivity index (χ1n) is 7.90. The van der Waals surface area contributed by atoms with Crippen molar-refractivity contribution in [3.63, 3.8) is 0 Å². The fourth-order valence-corrected chi connectivity index (χ4v) is 2.29. The van der Waals surface area contributed by atoms with Gasteiger partial charge in [0.1, 0.15) is 18.1 Å². The molecule has 0 radical (unpaired) electrons. The lowest BCUT2D eigenvalue weighted by Crippen LogP contribution is -2.15. The molecule has 0 aliphatic rings. The minimum Gasteiger partial charge on any atom is -0.489 e. The van der Waals surface area contributed by atoms with E-state index >= 15 is 0 Å². The number of ether oxygens (including phenoxy) is 1. The Morgan fingerprint density at radius 1 is 0.962 bits per heavy atom. The van der Waals surface area contributed by atoms with E-state index in [4.69, 9.17) is 9.84 Å². The van der Waals surface area contributed by atoms with E-state index in [9.17, 15) is 9.59 Å². The van der Waals surface area contributed by atoms with Crippen molar-refractivity contribution in [1.29, 1.82) is 0 Å². The van der Waals surface area contributed by atoms with E-state index in [-0.39, 0.29) is 11.3 Å². The van der Waals surface area contributed by atoms with Crippen molar-refractivity contribution in [1.82, 2.24) is 4.98 Å². The zero-order valence-corrected chi connectivity index (χ0v) is 13.8. The molecule has 130 valence electrons. The summed E-state index contributed by atoms with van der Waals surface area (Å²) in [6.45, 7) is 0.297. The van der Waals surface area contributed by atoms with Crippen molar-refractivity contribution in [2.75, 3.05) is 5.32 Å². The molecule has 0 bridgehead atoms. The molecule has 26 heavy (non-hydrogen) atoms. The van der Waals surface area contributed by atoms with Gasteiger partial charge in [-0.3, -0.25) is 9.78 Å². The number of anilines is 1. The van der Waals surface area contributed by atoms with Gasteiger partial charge in [0.2, 0.25) is 0 Å². The number of para-hydroxylation sites is 2. The number of carboxylic acid groups (broad SMARTS) is 1. The molecule has 1 heterocycles. The third kappa shape index (κ3) is 4.24. The lowest BCUT2D eigenvalue weighted by Gasteiger charge is -2.12. The molecule has 0 aliphatic heterocycles. The summed E-state index contributed by atoms with van der Waals surface area (Å²) in [7, 11) is 0. The lowest BCUT2D eigenvalue weighted by atomic mass is 10.2. The number of nitrogens with one attached hydrogen (secondary N) is 1. The van der Waals surface area contributed by atoms with Crippen LogP contribution in [0.15, 0.2) is 72.9 Å². The summed E-state index contributed by atoms with van der Waals surface area (Å²) in [6, 6.07) is 19.4. The highest BCUT2D eigenvalue weighted by Gasteiger charge is 2.12. The molecule has 3 rings (SSSR count). The Morgan fingerprint density at radius 2 is 1.69 bits per heavy atom. The molecule has 0 aliphatic carbocycles. The number of pyridine rings is 1. The Hall–Kier alpha value is -3.67. The molecule has 0 atom stereocenters. The Morgan fingerprint density at radius 3 is 2.38 bits per heavy atom. The quantitative estimate of drug-likeness (QED) is 0.710. The molecule has 6 nitrogen and oxygen atoms in total. The normalized spacial score (nSPS) is 10.2. The van der Waals surface area contributed by atoms with Crippen LogP contribution in [-0.2, 0) is 6.61 Å². The molecule has 3 aromatic rings. The maximum atomic E-state index is 12.4. The second kappa shape index (κ2) is 7.94. The largest absolute Gasteiger partial charge is 0.489 e. The van der Waals surface area contributed by atoms with Crippen molar-refractivity contribution in [3.05, 3.63) is 89.7 Å². The number of rotatable bonds is 6. The van der Waals surface area contributed by atoms with Gasteiger partial charge in [0, 0.05) is 17.4 Å². The topological polar surface area (TPSA) is 88.5 Å². The van der Waals surface area contributed by atoms with Crippen molar-refractivity contribution in [3.8, 4) is 5.75 Å². The number of carbonyl (C=O) groups is 2. The van der Waals surface area contributed by atoms with Crippen LogP contribution in [0.2, 0.25) is 0 Å². The molecule has 2 aromatic carbocycles. The van der Waals surface area contributed by atoms with Crippen molar-refractivity contribution in [2.24, 2.45) is 0 Å². The van der Waals surface area contributed by atoms with Crippen LogP contribution in [0.3, 0.4) is 0 Å². The predicted molar refractivity (Wildman–Crippen MR) is 96.4 cm³/mol. The summed E-state index contributed by atoms with van der Waals surface area (Å²) in [5.41, 5.74) is 1.58. The summed E-state index contributed by atoms with van der Waals surface area (Å²) in [4.78, 5) is 27.1. The first kappa shape index (κ1) is 17.2. The van der Waals surface area contributed by atoms with Crippen LogP contribution >= 0.6 is 0 Å². The number of hydrogen-bond donors (Lipinski definition) is 2. The SMILES string of the molecule is O=C(O)c1ccc(C(=O)Nc2ccccc2COc2ccccc2)nc1. The molecule has 0 spiro atoms.